The van der Waals surface area contributed by atoms with Crippen molar-refractivity contribution in [2.45, 2.75) is 26.4 Å². The SMILES string of the molecule is CCC1OC(Nc2ccc(C)cc2)=Nc2ccccc21. The zero-order chi connectivity index (χ0) is 13.9. The van der Waals surface area contributed by atoms with Gasteiger partial charge in [0.05, 0.1) is 5.69 Å². The Labute approximate surface area is 119 Å². The van der Waals surface area contributed by atoms with E-state index in [-0.39, 0.29) is 6.10 Å². The third kappa shape index (κ3) is 2.52. The smallest absolute Gasteiger partial charge is 0.295 e. The third-order valence-electron chi connectivity index (χ3n) is 3.43. The van der Waals surface area contributed by atoms with Crippen molar-refractivity contribution in [2.75, 3.05) is 5.32 Å². The summed E-state index contributed by atoms with van der Waals surface area (Å²) in [6.07, 6.45) is 0.989. The lowest BCUT2D eigenvalue weighted by atomic mass is 10.0. The largest absolute Gasteiger partial charge is 0.457 e. The summed E-state index contributed by atoms with van der Waals surface area (Å²) in [6, 6.07) is 16.9. The topological polar surface area (TPSA) is 33.6 Å². The Morgan fingerprint density at radius 3 is 2.60 bits per heavy atom. The van der Waals surface area contributed by atoms with Gasteiger partial charge in [0.2, 0.25) is 0 Å². The standard InChI is InChI=1S/C17H18N2O/c1-3-16-14-6-4-5-7-15(14)19-17(20-16)18-13-10-8-12(2)9-11-13/h4-11,16H,3H2,1-2H3,(H,18,19). The fraction of sp³-hybridized carbons (Fsp3) is 0.235. The van der Waals surface area contributed by atoms with E-state index in [1.54, 1.807) is 0 Å². The van der Waals surface area contributed by atoms with E-state index in [1.165, 1.54) is 5.56 Å². The van der Waals surface area contributed by atoms with Crippen LogP contribution in [0.2, 0.25) is 0 Å². The Bertz CT molecular complexity index is 632. The lowest BCUT2D eigenvalue weighted by Gasteiger charge is -2.25. The maximum Gasteiger partial charge on any atom is 0.295 e. The van der Waals surface area contributed by atoms with Gasteiger partial charge in [-0.3, -0.25) is 0 Å². The molecule has 20 heavy (non-hydrogen) atoms. The Kier molecular flexibility index (Phi) is 3.42. The predicted molar refractivity (Wildman–Crippen MR) is 82.5 cm³/mol. The summed E-state index contributed by atoms with van der Waals surface area (Å²) < 4.78 is 5.94. The molecule has 0 radical (unpaired) electrons. The number of nitrogens with one attached hydrogen (secondary N) is 1. The van der Waals surface area contributed by atoms with Crippen molar-refractivity contribution in [3.05, 3.63) is 59.7 Å². The van der Waals surface area contributed by atoms with Crippen LogP contribution in [0.4, 0.5) is 11.4 Å². The van der Waals surface area contributed by atoms with E-state index in [2.05, 4.69) is 42.4 Å². The Hall–Kier alpha value is -2.29. The summed E-state index contributed by atoms with van der Waals surface area (Å²) in [6.45, 7) is 4.19. The molecule has 2 aromatic rings. The first-order valence-electron chi connectivity index (χ1n) is 6.94. The van der Waals surface area contributed by atoms with Crippen LogP contribution in [-0.2, 0) is 4.74 Å². The third-order valence-corrected chi connectivity index (χ3v) is 3.43. The van der Waals surface area contributed by atoms with Crippen LogP contribution in [0, 0.1) is 6.92 Å². The van der Waals surface area contributed by atoms with Crippen molar-refractivity contribution in [1.29, 1.82) is 0 Å². The molecule has 0 aromatic heterocycles. The molecule has 1 heterocycles. The van der Waals surface area contributed by atoms with E-state index in [0.717, 1.165) is 23.4 Å². The molecule has 0 bridgehead atoms. The van der Waals surface area contributed by atoms with Gasteiger partial charge in [-0.15, -0.1) is 0 Å². The predicted octanol–water partition coefficient (Wildman–Crippen LogP) is 4.58. The second-order valence-electron chi connectivity index (χ2n) is 4.98. The molecule has 1 unspecified atom stereocenters. The number of para-hydroxylation sites is 1. The molecule has 3 heteroatoms. The summed E-state index contributed by atoms with van der Waals surface area (Å²) in [5.74, 6) is 0. The van der Waals surface area contributed by atoms with Crippen LogP contribution in [0.3, 0.4) is 0 Å². The van der Waals surface area contributed by atoms with Gasteiger partial charge in [-0.05, 0) is 31.5 Å². The lowest BCUT2D eigenvalue weighted by Crippen LogP contribution is -2.22. The highest BCUT2D eigenvalue weighted by molar-refractivity contribution is 5.92. The highest BCUT2D eigenvalue weighted by atomic mass is 16.5. The first-order valence-corrected chi connectivity index (χ1v) is 6.94. The molecule has 0 spiro atoms. The normalized spacial score (nSPS) is 16.9. The zero-order valence-electron chi connectivity index (χ0n) is 11.8. The van der Waals surface area contributed by atoms with Gasteiger partial charge in [0.15, 0.2) is 0 Å². The van der Waals surface area contributed by atoms with Gasteiger partial charge < -0.3 is 10.1 Å². The molecule has 0 aliphatic carbocycles. The van der Waals surface area contributed by atoms with Crippen molar-refractivity contribution < 1.29 is 4.74 Å². The van der Waals surface area contributed by atoms with Crippen LogP contribution in [-0.4, -0.2) is 6.02 Å². The average molecular weight is 266 g/mol. The van der Waals surface area contributed by atoms with Gasteiger partial charge >= 0.3 is 0 Å². The molecule has 3 rings (SSSR count). The molecule has 102 valence electrons. The van der Waals surface area contributed by atoms with Crippen LogP contribution in [0.5, 0.6) is 0 Å². The number of anilines is 1. The first-order chi connectivity index (χ1) is 9.76. The maximum absolute atomic E-state index is 5.94. The quantitative estimate of drug-likeness (QED) is 0.863. The lowest BCUT2D eigenvalue weighted by molar-refractivity contribution is 0.182. The van der Waals surface area contributed by atoms with Crippen molar-refractivity contribution in [3.63, 3.8) is 0 Å². The summed E-state index contributed by atoms with van der Waals surface area (Å²) in [5, 5.41) is 3.24. The van der Waals surface area contributed by atoms with E-state index < -0.39 is 0 Å². The highest BCUT2D eigenvalue weighted by Gasteiger charge is 2.22. The van der Waals surface area contributed by atoms with Crippen LogP contribution >= 0.6 is 0 Å². The monoisotopic (exact) mass is 266 g/mol. The summed E-state index contributed by atoms with van der Waals surface area (Å²) >= 11 is 0. The minimum absolute atomic E-state index is 0.0663. The fourth-order valence-electron chi connectivity index (χ4n) is 2.32. The molecule has 0 saturated heterocycles. The Balaban J connectivity index is 1.88. The molecule has 3 nitrogen and oxygen atoms in total. The molecule has 0 amide bonds. The van der Waals surface area contributed by atoms with E-state index in [1.807, 2.05) is 30.3 Å². The van der Waals surface area contributed by atoms with Gasteiger partial charge in [0, 0.05) is 11.3 Å². The van der Waals surface area contributed by atoms with Gasteiger partial charge in [-0.1, -0.05) is 42.8 Å². The van der Waals surface area contributed by atoms with E-state index in [0.29, 0.717) is 6.02 Å². The van der Waals surface area contributed by atoms with Crippen molar-refractivity contribution in [1.82, 2.24) is 0 Å². The van der Waals surface area contributed by atoms with Gasteiger partial charge in [-0.25, -0.2) is 0 Å². The summed E-state index contributed by atoms with van der Waals surface area (Å²) in [4.78, 5) is 4.54. The number of aliphatic imine (C=N–C) groups is 1. The van der Waals surface area contributed by atoms with Crippen LogP contribution in [0.25, 0.3) is 0 Å². The molecule has 1 aliphatic heterocycles. The molecular formula is C17H18N2O. The number of hydrogen-bond acceptors (Lipinski definition) is 3. The molecule has 2 aromatic carbocycles. The number of rotatable bonds is 2. The second kappa shape index (κ2) is 5.37. The summed E-state index contributed by atoms with van der Waals surface area (Å²) in [5.41, 5.74) is 4.37. The Morgan fingerprint density at radius 2 is 1.85 bits per heavy atom. The minimum Gasteiger partial charge on any atom is -0.457 e. The number of amidine groups is 1. The number of benzene rings is 2. The van der Waals surface area contributed by atoms with Gasteiger partial charge in [-0.2, -0.15) is 4.99 Å². The minimum atomic E-state index is 0.0663. The number of nitrogens with zero attached hydrogens (tertiary/aromatic N) is 1. The van der Waals surface area contributed by atoms with Crippen molar-refractivity contribution in [2.24, 2.45) is 4.99 Å². The van der Waals surface area contributed by atoms with E-state index in [9.17, 15) is 0 Å². The van der Waals surface area contributed by atoms with Crippen LogP contribution < -0.4 is 5.32 Å². The number of hydrogen-bond donors (Lipinski definition) is 1. The fourth-order valence-corrected chi connectivity index (χ4v) is 2.32. The first kappa shape index (κ1) is 12.7. The van der Waals surface area contributed by atoms with E-state index >= 15 is 0 Å². The molecule has 0 saturated carbocycles. The summed E-state index contributed by atoms with van der Waals surface area (Å²) in [7, 11) is 0. The zero-order valence-corrected chi connectivity index (χ0v) is 11.8. The van der Waals surface area contributed by atoms with Gasteiger partial charge in [0.25, 0.3) is 6.02 Å². The second-order valence-corrected chi connectivity index (χ2v) is 4.98. The molecule has 1 aliphatic rings. The Morgan fingerprint density at radius 1 is 1.10 bits per heavy atom. The number of fused-ring (bicyclic) bond motifs is 1. The molecule has 1 N–H and O–H groups in total. The average Bonchev–Trinajstić information content (AvgIpc) is 2.49. The molecular weight excluding hydrogens is 248 g/mol. The van der Waals surface area contributed by atoms with Crippen molar-refractivity contribution in [3.8, 4) is 0 Å². The number of aryl methyl sites for hydroxylation is 1. The van der Waals surface area contributed by atoms with E-state index in [4.69, 9.17) is 4.74 Å². The number of ether oxygens (including phenoxy) is 1. The molecule has 0 fully saturated rings. The van der Waals surface area contributed by atoms with Crippen LogP contribution in [0.15, 0.2) is 53.5 Å². The molecule has 1 atom stereocenters. The van der Waals surface area contributed by atoms with Crippen LogP contribution in [0.1, 0.15) is 30.6 Å². The maximum atomic E-state index is 5.94. The van der Waals surface area contributed by atoms with Crippen molar-refractivity contribution >= 4 is 17.4 Å². The van der Waals surface area contributed by atoms with Gasteiger partial charge in [0.1, 0.15) is 6.10 Å². The highest BCUT2D eigenvalue weighted by Crippen LogP contribution is 2.34.